The molecule has 4 heterocycles. The van der Waals surface area contributed by atoms with Crippen LogP contribution in [-0.2, 0) is 9.59 Å². The van der Waals surface area contributed by atoms with Crippen LogP contribution in [0, 0.1) is 11.8 Å². The lowest BCUT2D eigenvalue weighted by molar-refractivity contribution is -0.143. The Labute approximate surface area is 177 Å². The van der Waals surface area contributed by atoms with Crippen LogP contribution in [0.5, 0.6) is 0 Å². The summed E-state index contributed by atoms with van der Waals surface area (Å²) in [4.78, 5) is 42.6. The van der Waals surface area contributed by atoms with Crippen molar-refractivity contribution in [1.82, 2.24) is 24.8 Å². The van der Waals surface area contributed by atoms with Gasteiger partial charge in [0.1, 0.15) is 5.82 Å². The lowest BCUT2D eigenvalue weighted by atomic mass is 9.92. The molecule has 2 saturated heterocycles. The molecule has 5 rings (SSSR count). The average Bonchev–Trinajstić information content (AvgIpc) is 3.48. The van der Waals surface area contributed by atoms with Crippen molar-refractivity contribution < 1.29 is 9.59 Å². The van der Waals surface area contributed by atoms with Gasteiger partial charge in [-0.3, -0.25) is 9.59 Å². The summed E-state index contributed by atoms with van der Waals surface area (Å²) < 4.78 is 0. The Balaban J connectivity index is 1.24. The minimum atomic E-state index is -0.0554. The maximum Gasteiger partial charge on any atom is 0.227 e. The largest absolute Gasteiger partial charge is 0.342 e. The molecule has 3 fully saturated rings. The molecule has 7 nitrogen and oxygen atoms in total. The van der Waals surface area contributed by atoms with Crippen LogP contribution in [0.3, 0.4) is 0 Å². The maximum absolute atomic E-state index is 13.3. The maximum atomic E-state index is 13.3. The Hall–Kier alpha value is -2.44. The molecule has 30 heavy (non-hydrogen) atoms. The predicted octanol–water partition coefficient (Wildman–Crippen LogP) is 3.09. The van der Waals surface area contributed by atoms with Gasteiger partial charge in [0, 0.05) is 44.2 Å². The van der Waals surface area contributed by atoms with E-state index in [0.29, 0.717) is 13.1 Å². The van der Waals surface area contributed by atoms with Gasteiger partial charge in [-0.25, -0.2) is 9.97 Å². The SMILES string of the molecule is O=C(C1CCCC1)N1CCCC(C(=O)N2CCCC(c3nc4ncccc4[nH]3)C2)C1. The summed E-state index contributed by atoms with van der Waals surface area (Å²) in [5, 5.41) is 0. The number of rotatable bonds is 3. The predicted molar refractivity (Wildman–Crippen MR) is 114 cm³/mol. The molecule has 3 aliphatic rings. The van der Waals surface area contributed by atoms with E-state index in [1.807, 2.05) is 21.9 Å². The highest BCUT2D eigenvalue weighted by atomic mass is 16.2. The number of piperidine rings is 2. The molecule has 2 aliphatic heterocycles. The third-order valence-electron chi connectivity index (χ3n) is 7.18. The number of carbonyl (C=O) groups excluding carboxylic acids is 2. The highest BCUT2D eigenvalue weighted by Crippen LogP contribution is 2.31. The summed E-state index contributed by atoms with van der Waals surface area (Å²) in [5.41, 5.74) is 1.69. The number of H-pyrrole nitrogens is 1. The van der Waals surface area contributed by atoms with Crippen LogP contribution in [0.2, 0.25) is 0 Å². The van der Waals surface area contributed by atoms with Crippen molar-refractivity contribution in [1.29, 1.82) is 0 Å². The number of amides is 2. The minimum Gasteiger partial charge on any atom is -0.342 e. The number of nitrogens with one attached hydrogen (secondary N) is 1. The van der Waals surface area contributed by atoms with E-state index in [1.54, 1.807) is 6.20 Å². The van der Waals surface area contributed by atoms with Gasteiger partial charge >= 0.3 is 0 Å². The highest BCUT2D eigenvalue weighted by molar-refractivity contribution is 5.82. The van der Waals surface area contributed by atoms with Crippen LogP contribution in [0.1, 0.15) is 63.1 Å². The van der Waals surface area contributed by atoms with Crippen LogP contribution >= 0.6 is 0 Å². The van der Waals surface area contributed by atoms with Crippen LogP contribution in [-0.4, -0.2) is 62.7 Å². The fourth-order valence-corrected chi connectivity index (χ4v) is 5.53. The van der Waals surface area contributed by atoms with Gasteiger partial charge in [0.25, 0.3) is 0 Å². The normalized spacial score (nSPS) is 25.7. The first-order valence-electron chi connectivity index (χ1n) is 11.6. The molecule has 2 aromatic heterocycles. The first-order valence-corrected chi connectivity index (χ1v) is 11.6. The zero-order chi connectivity index (χ0) is 20.5. The van der Waals surface area contributed by atoms with Crippen LogP contribution in [0.25, 0.3) is 11.2 Å². The van der Waals surface area contributed by atoms with Gasteiger partial charge in [-0.05, 0) is 50.7 Å². The summed E-state index contributed by atoms with van der Waals surface area (Å²) in [5.74, 6) is 1.80. The second-order valence-corrected chi connectivity index (χ2v) is 9.22. The number of aromatic amines is 1. The number of hydrogen-bond acceptors (Lipinski definition) is 4. The summed E-state index contributed by atoms with van der Waals surface area (Å²) in [6.45, 7) is 2.92. The molecule has 2 amide bonds. The molecule has 2 atom stereocenters. The van der Waals surface area contributed by atoms with Crippen LogP contribution in [0.15, 0.2) is 18.3 Å². The van der Waals surface area contributed by atoms with Crippen LogP contribution < -0.4 is 0 Å². The molecule has 0 aromatic carbocycles. The molecule has 2 aromatic rings. The number of pyridine rings is 1. The first-order chi connectivity index (χ1) is 14.7. The molecule has 7 heteroatoms. The number of fused-ring (bicyclic) bond motifs is 1. The first kappa shape index (κ1) is 19.5. The van der Waals surface area contributed by atoms with Crippen molar-refractivity contribution in [2.24, 2.45) is 11.8 Å². The number of carbonyl (C=O) groups is 2. The molecule has 0 radical (unpaired) electrons. The Morgan fingerprint density at radius 3 is 2.40 bits per heavy atom. The van der Waals surface area contributed by atoms with E-state index in [9.17, 15) is 9.59 Å². The molecular formula is C23H31N5O2. The average molecular weight is 410 g/mol. The minimum absolute atomic E-state index is 0.0554. The van der Waals surface area contributed by atoms with Crippen molar-refractivity contribution in [3.63, 3.8) is 0 Å². The van der Waals surface area contributed by atoms with Gasteiger partial charge in [-0.1, -0.05) is 12.8 Å². The fourth-order valence-electron chi connectivity index (χ4n) is 5.53. The molecular weight excluding hydrogens is 378 g/mol. The molecule has 0 spiro atoms. The lowest BCUT2D eigenvalue weighted by Crippen LogP contribution is -2.49. The van der Waals surface area contributed by atoms with E-state index < -0.39 is 0 Å². The van der Waals surface area contributed by atoms with E-state index in [1.165, 1.54) is 12.8 Å². The molecule has 160 valence electrons. The number of likely N-dealkylation sites (tertiary alicyclic amines) is 2. The quantitative estimate of drug-likeness (QED) is 0.845. The van der Waals surface area contributed by atoms with E-state index in [0.717, 1.165) is 68.6 Å². The second kappa shape index (κ2) is 8.36. The second-order valence-electron chi connectivity index (χ2n) is 9.22. The van der Waals surface area contributed by atoms with Gasteiger partial charge in [0.2, 0.25) is 11.8 Å². The zero-order valence-electron chi connectivity index (χ0n) is 17.6. The van der Waals surface area contributed by atoms with Crippen molar-refractivity contribution >= 4 is 23.0 Å². The molecule has 1 aliphatic carbocycles. The van der Waals surface area contributed by atoms with Crippen molar-refractivity contribution in [2.45, 2.75) is 57.3 Å². The van der Waals surface area contributed by atoms with E-state index in [-0.39, 0.29) is 29.6 Å². The van der Waals surface area contributed by atoms with Crippen molar-refractivity contribution in [3.05, 3.63) is 24.2 Å². The van der Waals surface area contributed by atoms with Gasteiger partial charge in [-0.15, -0.1) is 0 Å². The topological polar surface area (TPSA) is 82.2 Å². The molecule has 2 unspecified atom stereocenters. The monoisotopic (exact) mass is 409 g/mol. The van der Waals surface area contributed by atoms with Gasteiger partial charge in [0.05, 0.1) is 11.4 Å². The zero-order valence-corrected chi connectivity index (χ0v) is 17.6. The Morgan fingerprint density at radius 2 is 1.60 bits per heavy atom. The molecule has 1 saturated carbocycles. The molecule has 0 bridgehead atoms. The summed E-state index contributed by atoms with van der Waals surface area (Å²) in [6.07, 6.45) is 9.97. The van der Waals surface area contributed by atoms with Gasteiger partial charge < -0.3 is 14.8 Å². The Bertz CT molecular complexity index is 886. The number of imidazole rings is 1. The summed E-state index contributed by atoms with van der Waals surface area (Å²) >= 11 is 0. The highest BCUT2D eigenvalue weighted by Gasteiger charge is 2.36. The van der Waals surface area contributed by atoms with Crippen LogP contribution in [0.4, 0.5) is 0 Å². The van der Waals surface area contributed by atoms with E-state index in [2.05, 4.69) is 15.0 Å². The third kappa shape index (κ3) is 3.82. The van der Waals surface area contributed by atoms with E-state index in [4.69, 9.17) is 0 Å². The number of hydrogen-bond donors (Lipinski definition) is 1. The van der Waals surface area contributed by atoms with Gasteiger partial charge in [-0.2, -0.15) is 0 Å². The standard InChI is InChI=1S/C23H31N5O2/c29-22(16-6-1-2-7-16)28-13-5-9-18(15-28)23(30)27-12-4-8-17(14-27)20-25-19-10-3-11-24-21(19)26-20/h3,10-11,16-18H,1-2,4-9,12-15H2,(H,24,25,26). The number of aromatic nitrogens is 3. The Morgan fingerprint density at radius 1 is 0.900 bits per heavy atom. The lowest BCUT2D eigenvalue weighted by Gasteiger charge is -2.38. The summed E-state index contributed by atoms with van der Waals surface area (Å²) in [7, 11) is 0. The van der Waals surface area contributed by atoms with Crippen molar-refractivity contribution in [2.75, 3.05) is 26.2 Å². The third-order valence-corrected chi connectivity index (χ3v) is 7.18. The Kier molecular flexibility index (Phi) is 5.44. The van der Waals surface area contributed by atoms with Crippen molar-refractivity contribution in [3.8, 4) is 0 Å². The summed E-state index contributed by atoms with van der Waals surface area (Å²) in [6, 6.07) is 3.89. The van der Waals surface area contributed by atoms with E-state index >= 15 is 0 Å². The molecule has 1 N–H and O–H groups in total. The fraction of sp³-hybridized carbons (Fsp3) is 0.652. The smallest absolute Gasteiger partial charge is 0.227 e. The van der Waals surface area contributed by atoms with Gasteiger partial charge in [0.15, 0.2) is 5.65 Å². The number of nitrogens with zero attached hydrogens (tertiary/aromatic N) is 4.